The van der Waals surface area contributed by atoms with Crippen molar-refractivity contribution in [2.45, 2.75) is 205 Å². The molecule has 48 heavy (non-hydrogen) atoms. The topological polar surface area (TPSA) is 30.9 Å². The lowest BCUT2D eigenvalue weighted by Gasteiger charge is -2.31. The van der Waals surface area contributed by atoms with Crippen LogP contribution < -0.4 is 0 Å². The molecule has 0 aromatic heterocycles. The molecule has 0 aromatic rings. The second-order valence-electron chi connectivity index (χ2n) is 15.0. The van der Waals surface area contributed by atoms with Crippen molar-refractivity contribution in [1.82, 2.24) is 4.90 Å². The number of unbranched alkanes of at least 4 members (excludes halogenated alkanes) is 18. The summed E-state index contributed by atoms with van der Waals surface area (Å²) < 4.78 is 19.7. The second kappa shape index (κ2) is 29.5. The molecular weight excluding hydrogens is 590 g/mol. The largest absolute Gasteiger partial charge is 0.371 e. The summed E-state index contributed by atoms with van der Waals surface area (Å²) in [4.78, 5) is 2.21. The number of ether oxygens (including phenoxy) is 3. The highest BCUT2D eigenvalue weighted by molar-refractivity contribution is 4.96. The van der Waals surface area contributed by atoms with Gasteiger partial charge in [-0.1, -0.05) is 140 Å². The van der Waals surface area contributed by atoms with Crippen molar-refractivity contribution in [2.75, 3.05) is 27.2 Å². The van der Waals surface area contributed by atoms with Crippen molar-refractivity contribution in [2.24, 2.45) is 0 Å². The van der Waals surface area contributed by atoms with E-state index < -0.39 is 5.79 Å². The lowest BCUT2D eigenvalue weighted by atomic mass is 9.98. The zero-order chi connectivity index (χ0) is 34.4. The molecule has 2 heterocycles. The van der Waals surface area contributed by atoms with Crippen LogP contribution in [0.25, 0.3) is 0 Å². The maximum atomic E-state index is 6.84. The van der Waals surface area contributed by atoms with Crippen LogP contribution in [0.2, 0.25) is 0 Å². The number of likely N-dealkylation sites (N-methyl/N-ethyl adjacent to an activating group) is 1. The molecule has 278 valence electrons. The zero-order valence-electron chi connectivity index (χ0n) is 32.3. The summed E-state index contributed by atoms with van der Waals surface area (Å²) in [6.45, 7) is 6.11. The third kappa shape index (κ3) is 21.1. The fourth-order valence-corrected chi connectivity index (χ4v) is 7.09. The van der Waals surface area contributed by atoms with Crippen molar-refractivity contribution in [3.63, 3.8) is 0 Å². The van der Waals surface area contributed by atoms with Gasteiger partial charge in [-0.3, -0.25) is 0 Å². The quantitative estimate of drug-likeness (QED) is 0.0527. The van der Waals surface area contributed by atoms with Gasteiger partial charge >= 0.3 is 0 Å². The lowest BCUT2D eigenvalue weighted by Crippen LogP contribution is -2.38. The highest BCUT2D eigenvalue weighted by Crippen LogP contribution is 2.42. The second-order valence-corrected chi connectivity index (χ2v) is 15.0. The van der Waals surface area contributed by atoms with Crippen LogP contribution >= 0.6 is 0 Å². The number of nitrogens with zero attached hydrogens (tertiary/aromatic N) is 1. The molecule has 2 saturated heterocycles. The first-order chi connectivity index (χ1) is 23.6. The van der Waals surface area contributed by atoms with E-state index in [0.29, 0.717) is 6.61 Å². The lowest BCUT2D eigenvalue weighted by molar-refractivity contribution is -0.209. The molecule has 2 aliphatic rings. The normalized spacial score (nSPS) is 21.0. The minimum absolute atomic E-state index is 0.0848. The van der Waals surface area contributed by atoms with Crippen molar-refractivity contribution in [3.8, 4) is 0 Å². The molecule has 0 aromatic carbocycles. The van der Waals surface area contributed by atoms with Gasteiger partial charge in [0.1, 0.15) is 12.2 Å². The standard InChI is InChI=1S/C44H79NO3/c1-5-7-9-11-13-15-17-19-21-23-25-27-29-31-33-35-37-44(47-42-40-46-41(39-45(3)4)43(42)48-44)38-36-34-32-30-28-26-24-22-20-18-16-14-12-10-8-6-2/h13-16,19-22,41-43H,5-12,17-18,23-40H2,1-4H3/b15-13-,16-14-,21-19-,22-20-. The van der Waals surface area contributed by atoms with Gasteiger partial charge in [0.15, 0.2) is 5.79 Å². The van der Waals surface area contributed by atoms with Crippen LogP contribution in [0.15, 0.2) is 48.6 Å². The Balaban J connectivity index is 1.59. The van der Waals surface area contributed by atoms with Gasteiger partial charge in [-0.15, -0.1) is 0 Å². The highest BCUT2D eigenvalue weighted by Gasteiger charge is 2.53. The minimum atomic E-state index is -0.395. The van der Waals surface area contributed by atoms with Crippen LogP contribution in [0.5, 0.6) is 0 Å². The first-order valence-corrected chi connectivity index (χ1v) is 20.8. The average Bonchev–Trinajstić information content (AvgIpc) is 3.62. The predicted octanol–water partition coefficient (Wildman–Crippen LogP) is 12.8. The summed E-state index contributed by atoms with van der Waals surface area (Å²) in [6.07, 6.45) is 51.9. The molecule has 0 N–H and O–H groups in total. The van der Waals surface area contributed by atoms with Gasteiger partial charge in [0.25, 0.3) is 0 Å². The number of allylic oxidation sites excluding steroid dienone is 8. The van der Waals surface area contributed by atoms with Crippen molar-refractivity contribution in [1.29, 1.82) is 0 Å². The molecule has 2 rings (SSSR count). The maximum absolute atomic E-state index is 6.84. The van der Waals surface area contributed by atoms with E-state index in [1.165, 1.54) is 141 Å². The summed E-state index contributed by atoms with van der Waals surface area (Å²) in [6, 6.07) is 0. The van der Waals surface area contributed by atoms with Gasteiger partial charge < -0.3 is 19.1 Å². The molecule has 0 saturated carbocycles. The Morgan fingerprint density at radius 2 is 0.938 bits per heavy atom. The van der Waals surface area contributed by atoms with Crippen LogP contribution in [-0.2, 0) is 14.2 Å². The fraction of sp³-hybridized carbons (Fsp3) is 0.818. The molecule has 3 unspecified atom stereocenters. The van der Waals surface area contributed by atoms with Gasteiger partial charge in [-0.25, -0.2) is 0 Å². The van der Waals surface area contributed by atoms with E-state index in [1.54, 1.807) is 0 Å². The van der Waals surface area contributed by atoms with E-state index in [-0.39, 0.29) is 18.3 Å². The highest BCUT2D eigenvalue weighted by atomic mass is 16.8. The van der Waals surface area contributed by atoms with E-state index >= 15 is 0 Å². The monoisotopic (exact) mass is 670 g/mol. The Hall–Kier alpha value is -1.20. The summed E-state index contributed by atoms with van der Waals surface area (Å²) in [5.74, 6) is -0.395. The number of hydrogen-bond acceptors (Lipinski definition) is 4. The van der Waals surface area contributed by atoms with E-state index in [1.807, 2.05) is 0 Å². The Kier molecular flexibility index (Phi) is 26.4. The van der Waals surface area contributed by atoms with Crippen LogP contribution in [0.4, 0.5) is 0 Å². The molecule has 2 fully saturated rings. The van der Waals surface area contributed by atoms with Gasteiger partial charge in [0.2, 0.25) is 0 Å². The Morgan fingerprint density at radius 1 is 0.521 bits per heavy atom. The van der Waals surface area contributed by atoms with E-state index in [9.17, 15) is 0 Å². The molecule has 3 atom stereocenters. The van der Waals surface area contributed by atoms with Gasteiger partial charge in [0, 0.05) is 19.4 Å². The van der Waals surface area contributed by atoms with Crippen LogP contribution in [0, 0.1) is 0 Å². The number of hydrogen-bond donors (Lipinski definition) is 0. The predicted molar refractivity (Wildman–Crippen MR) is 209 cm³/mol. The summed E-state index contributed by atoms with van der Waals surface area (Å²) >= 11 is 0. The van der Waals surface area contributed by atoms with Gasteiger partial charge in [0.05, 0.1) is 12.7 Å². The third-order valence-corrected chi connectivity index (χ3v) is 9.99. The van der Waals surface area contributed by atoms with Crippen molar-refractivity contribution >= 4 is 0 Å². The van der Waals surface area contributed by atoms with Gasteiger partial charge in [-0.2, -0.15) is 0 Å². The molecular formula is C44H79NO3. The van der Waals surface area contributed by atoms with Crippen molar-refractivity contribution < 1.29 is 14.2 Å². The van der Waals surface area contributed by atoms with E-state index in [4.69, 9.17) is 14.2 Å². The Morgan fingerprint density at radius 3 is 1.38 bits per heavy atom. The molecule has 0 aliphatic carbocycles. The average molecular weight is 670 g/mol. The molecule has 0 bridgehead atoms. The number of rotatable bonds is 32. The first kappa shape index (κ1) is 43.0. The van der Waals surface area contributed by atoms with Gasteiger partial charge in [-0.05, 0) is 91.1 Å². The SMILES string of the molecule is CCCCC/C=C\C/C=C\CCCCCCCCC1(CCCCCCCC/C=C\C/C=C\CCCCC)OC2COC(CN(C)C)C2O1. The van der Waals surface area contributed by atoms with Crippen LogP contribution in [0.3, 0.4) is 0 Å². The summed E-state index contributed by atoms with van der Waals surface area (Å²) in [5.41, 5.74) is 0. The molecule has 4 nitrogen and oxygen atoms in total. The van der Waals surface area contributed by atoms with Crippen molar-refractivity contribution in [3.05, 3.63) is 48.6 Å². The zero-order valence-corrected chi connectivity index (χ0v) is 32.3. The Labute approximate surface area is 299 Å². The smallest absolute Gasteiger partial charge is 0.169 e. The summed E-state index contributed by atoms with van der Waals surface area (Å²) in [5, 5.41) is 0. The summed E-state index contributed by atoms with van der Waals surface area (Å²) in [7, 11) is 4.24. The van der Waals surface area contributed by atoms with Crippen LogP contribution in [0.1, 0.15) is 181 Å². The minimum Gasteiger partial charge on any atom is -0.371 e. The maximum Gasteiger partial charge on any atom is 0.169 e. The first-order valence-electron chi connectivity index (χ1n) is 20.8. The molecule has 2 aliphatic heterocycles. The van der Waals surface area contributed by atoms with E-state index in [2.05, 4.69) is 81.5 Å². The Bertz CT molecular complexity index is 798. The van der Waals surface area contributed by atoms with E-state index in [0.717, 1.165) is 32.2 Å². The molecule has 0 amide bonds. The third-order valence-electron chi connectivity index (χ3n) is 9.99. The molecule has 0 spiro atoms. The number of fused-ring (bicyclic) bond motifs is 1. The molecule has 4 heteroatoms. The van der Waals surface area contributed by atoms with Crippen LogP contribution in [-0.4, -0.2) is 56.2 Å². The molecule has 0 radical (unpaired) electrons. The fourth-order valence-electron chi connectivity index (χ4n) is 7.09.